The predicted octanol–water partition coefficient (Wildman–Crippen LogP) is 4.30. The molecular formula is C16H16BrNO2. The van der Waals surface area contributed by atoms with E-state index in [1.165, 1.54) is 0 Å². The number of aryl methyl sites for hydroxylation is 1. The lowest BCUT2D eigenvalue weighted by Crippen LogP contribution is -2.26. The van der Waals surface area contributed by atoms with Gasteiger partial charge in [0.05, 0.1) is 16.5 Å². The molecule has 1 unspecified atom stereocenters. The van der Waals surface area contributed by atoms with Crippen molar-refractivity contribution in [3.05, 3.63) is 53.0 Å². The van der Waals surface area contributed by atoms with Gasteiger partial charge in [-0.05, 0) is 49.6 Å². The Morgan fingerprint density at radius 3 is 2.70 bits per heavy atom. The van der Waals surface area contributed by atoms with Crippen molar-refractivity contribution < 1.29 is 9.21 Å². The first-order chi connectivity index (χ1) is 9.41. The second-order valence-electron chi connectivity index (χ2n) is 5.71. The molecule has 1 amide bonds. The van der Waals surface area contributed by atoms with Gasteiger partial charge in [-0.2, -0.15) is 0 Å². The molecule has 104 valence electrons. The molecule has 0 aliphatic carbocycles. The van der Waals surface area contributed by atoms with E-state index in [-0.39, 0.29) is 10.7 Å². The van der Waals surface area contributed by atoms with Gasteiger partial charge in [-0.3, -0.25) is 4.79 Å². The number of fused-ring (bicyclic) bond motifs is 1. The topological polar surface area (TPSA) is 42.2 Å². The number of rotatable bonds is 2. The molecule has 0 saturated heterocycles. The number of halogens is 1. The van der Waals surface area contributed by atoms with Crippen LogP contribution in [-0.2, 0) is 10.2 Å². The van der Waals surface area contributed by atoms with Gasteiger partial charge in [0.25, 0.3) is 0 Å². The number of nitrogens with one attached hydrogen (secondary N) is 1. The van der Waals surface area contributed by atoms with Gasteiger partial charge < -0.3 is 9.73 Å². The Bertz CT molecular complexity index is 688. The maximum absolute atomic E-state index is 12.0. The molecule has 0 bridgehead atoms. The van der Waals surface area contributed by atoms with Crippen LogP contribution in [0.5, 0.6) is 0 Å². The van der Waals surface area contributed by atoms with E-state index in [2.05, 4.69) is 27.3 Å². The zero-order chi connectivity index (χ0) is 14.5. The summed E-state index contributed by atoms with van der Waals surface area (Å²) in [5.41, 5.74) is 3.65. The first kappa shape index (κ1) is 13.4. The number of anilines is 1. The van der Waals surface area contributed by atoms with E-state index < -0.39 is 5.41 Å². The summed E-state index contributed by atoms with van der Waals surface area (Å²) in [6, 6.07) is 8.01. The van der Waals surface area contributed by atoms with Crippen molar-refractivity contribution >= 4 is 27.5 Å². The van der Waals surface area contributed by atoms with Crippen LogP contribution in [0.4, 0.5) is 5.69 Å². The quantitative estimate of drug-likeness (QED) is 0.832. The maximum atomic E-state index is 12.0. The molecule has 1 atom stereocenters. The summed E-state index contributed by atoms with van der Waals surface area (Å²) in [5.74, 6) is 0.949. The molecule has 0 saturated carbocycles. The van der Waals surface area contributed by atoms with Gasteiger partial charge in [-0.25, -0.2) is 0 Å². The molecular weight excluding hydrogens is 318 g/mol. The number of hydrogen-bond acceptors (Lipinski definition) is 2. The minimum atomic E-state index is -0.490. The largest absolute Gasteiger partial charge is 0.468 e. The van der Waals surface area contributed by atoms with E-state index in [9.17, 15) is 4.79 Å². The van der Waals surface area contributed by atoms with Gasteiger partial charge in [0.1, 0.15) is 5.76 Å². The summed E-state index contributed by atoms with van der Waals surface area (Å²) < 4.78 is 5.54. The Labute approximate surface area is 126 Å². The van der Waals surface area contributed by atoms with Gasteiger partial charge in [0.2, 0.25) is 5.91 Å². The van der Waals surface area contributed by atoms with E-state index in [1.807, 2.05) is 39.0 Å². The normalized spacial score (nSPS) is 17.7. The van der Waals surface area contributed by atoms with Crippen molar-refractivity contribution in [3.8, 4) is 0 Å². The summed E-state index contributed by atoms with van der Waals surface area (Å²) in [7, 11) is 0. The first-order valence-corrected chi connectivity index (χ1v) is 7.47. The van der Waals surface area contributed by atoms with Crippen molar-refractivity contribution in [1.29, 1.82) is 0 Å². The average Bonchev–Trinajstić information content (AvgIpc) is 2.92. The Balaban J connectivity index is 2.04. The van der Waals surface area contributed by atoms with Crippen molar-refractivity contribution in [1.82, 2.24) is 0 Å². The fourth-order valence-electron chi connectivity index (χ4n) is 2.54. The second-order valence-corrected chi connectivity index (χ2v) is 6.63. The Morgan fingerprint density at radius 2 is 2.05 bits per heavy atom. The monoisotopic (exact) mass is 333 g/mol. The van der Waals surface area contributed by atoms with E-state index in [1.54, 1.807) is 6.26 Å². The number of furan rings is 1. The number of alkyl halides is 1. The molecule has 0 radical (unpaired) electrons. The van der Waals surface area contributed by atoms with Gasteiger partial charge >= 0.3 is 0 Å². The standard InChI is InChI=1S/C16H16BrNO2/c1-9-6-7-20-14(9)13(17)10-4-5-12-11(8-10)16(2,3)15(19)18-12/h4-8,13H,1-3H3,(H,18,19). The minimum absolute atomic E-state index is 0.00528. The van der Waals surface area contributed by atoms with E-state index >= 15 is 0 Å². The highest BCUT2D eigenvalue weighted by molar-refractivity contribution is 9.09. The third kappa shape index (κ3) is 1.90. The van der Waals surface area contributed by atoms with Crippen molar-refractivity contribution in [2.24, 2.45) is 0 Å². The van der Waals surface area contributed by atoms with Gasteiger partial charge in [0, 0.05) is 5.69 Å². The molecule has 20 heavy (non-hydrogen) atoms. The Hall–Kier alpha value is -1.55. The lowest BCUT2D eigenvalue weighted by molar-refractivity contribution is -0.119. The molecule has 1 aromatic carbocycles. The minimum Gasteiger partial charge on any atom is -0.468 e. The van der Waals surface area contributed by atoms with Crippen LogP contribution in [0.2, 0.25) is 0 Å². The maximum Gasteiger partial charge on any atom is 0.234 e. The third-order valence-corrected chi connectivity index (χ3v) is 4.90. The summed E-state index contributed by atoms with van der Waals surface area (Å²) in [5, 5.41) is 2.92. The molecule has 4 heteroatoms. The lowest BCUT2D eigenvalue weighted by Gasteiger charge is -2.17. The summed E-state index contributed by atoms with van der Waals surface area (Å²) in [4.78, 5) is 12.0. The van der Waals surface area contributed by atoms with Gasteiger partial charge in [0.15, 0.2) is 0 Å². The highest BCUT2D eigenvalue weighted by Gasteiger charge is 2.38. The van der Waals surface area contributed by atoms with E-state index in [4.69, 9.17) is 4.42 Å². The number of carbonyl (C=O) groups is 1. The predicted molar refractivity (Wildman–Crippen MR) is 82.3 cm³/mol. The first-order valence-electron chi connectivity index (χ1n) is 6.55. The van der Waals surface area contributed by atoms with Crippen LogP contribution in [0.3, 0.4) is 0 Å². The number of amides is 1. The molecule has 1 aliphatic heterocycles. The third-order valence-electron chi connectivity index (χ3n) is 3.96. The van der Waals surface area contributed by atoms with Crippen LogP contribution in [0.25, 0.3) is 0 Å². The van der Waals surface area contributed by atoms with Crippen molar-refractivity contribution in [3.63, 3.8) is 0 Å². The summed E-state index contributed by atoms with van der Waals surface area (Å²) in [6.07, 6.45) is 1.70. The van der Waals surface area contributed by atoms with Crippen molar-refractivity contribution in [2.75, 3.05) is 5.32 Å². The van der Waals surface area contributed by atoms with Crippen LogP contribution < -0.4 is 5.32 Å². The molecule has 0 fully saturated rings. The van der Waals surface area contributed by atoms with Crippen LogP contribution in [-0.4, -0.2) is 5.91 Å². The molecule has 3 rings (SSSR count). The molecule has 1 aromatic heterocycles. The average molecular weight is 334 g/mol. The molecule has 3 nitrogen and oxygen atoms in total. The van der Waals surface area contributed by atoms with Crippen molar-refractivity contribution in [2.45, 2.75) is 31.0 Å². The molecule has 0 spiro atoms. The molecule has 2 aromatic rings. The summed E-state index contributed by atoms with van der Waals surface area (Å²) in [6.45, 7) is 5.91. The fourth-order valence-corrected chi connectivity index (χ4v) is 3.30. The van der Waals surface area contributed by atoms with E-state index in [0.717, 1.165) is 28.1 Å². The Morgan fingerprint density at radius 1 is 1.30 bits per heavy atom. The zero-order valence-corrected chi connectivity index (χ0v) is 13.2. The van der Waals surface area contributed by atoms with Crippen LogP contribution in [0.1, 0.15) is 41.1 Å². The Kier molecular flexibility index (Phi) is 3.01. The second kappa shape index (κ2) is 4.48. The number of hydrogen-bond donors (Lipinski definition) is 1. The highest BCUT2D eigenvalue weighted by atomic mass is 79.9. The zero-order valence-electron chi connectivity index (χ0n) is 11.7. The highest BCUT2D eigenvalue weighted by Crippen LogP contribution is 2.41. The number of benzene rings is 1. The SMILES string of the molecule is Cc1ccoc1C(Br)c1ccc2c(c1)C(C)(C)C(=O)N2. The van der Waals surface area contributed by atoms with Gasteiger partial charge in [-0.15, -0.1) is 0 Å². The molecule has 2 heterocycles. The van der Waals surface area contributed by atoms with Crippen LogP contribution in [0.15, 0.2) is 34.9 Å². The van der Waals surface area contributed by atoms with Crippen LogP contribution in [0, 0.1) is 6.92 Å². The van der Waals surface area contributed by atoms with E-state index in [0.29, 0.717) is 0 Å². The lowest BCUT2D eigenvalue weighted by atomic mass is 9.85. The molecule has 1 aliphatic rings. The van der Waals surface area contributed by atoms with Gasteiger partial charge in [-0.1, -0.05) is 28.1 Å². The smallest absolute Gasteiger partial charge is 0.234 e. The molecule has 1 N–H and O–H groups in total. The fraction of sp³-hybridized carbons (Fsp3) is 0.312. The summed E-state index contributed by atoms with van der Waals surface area (Å²) >= 11 is 3.69. The number of carbonyl (C=O) groups excluding carboxylic acids is 1. The van der Waals surface area contributed by atoms with Crippen LogP contribution >= 0.6 is 15.9 Å².